The van der Waals surface area contributed by atoms with Crippen LogP contribution in [-0.4, -0.2) is 23.9 Å². The monoisotopic (exact) mass is 491 g/mol. The van der Waals surface area contributed by atoms with Crippen LogP contribution in [0.15, 0.2) is 66.2 Å². The summed E-state index contributed by atoms with van der Waals surface area (Å²) in [5, 5.41) is 11.5. The molecule has 0 spiro atoms. The highest BCUT2D eigenvalue weighted by Crippen LogP contribution is 2.44. The van der Waals surface area contributed by atoms with Crippen LogP contribution in [0.25, 0.3) is 5.76 Å². The van der Waals surface area contributed by atoms with Crippen LogP contribution in [0.1, 0.15) is 49.1 Å². The molecule has 186 valence electrons. The van der Waals surface area contributed by atoms with Gasteiger partial charge in [0.15, 0.2) is 0 Å². The standard InChI is InChI=1S/C29H27F2NO4/c1-16-7-6-8-17(13-16)25-24(26(33)20-14-18(29(2,3)4)9-12-23(20)36-5)27(34)28(35)32(25)22-11-10-19(30)15-21(22)31/h6-15,25,33H,1-5H3/b26-24+. The summed E-state index contributed by atoms with van der Waals surface area (Å²) in [6.45, 7) is 7.84. The summed E-state index contributed by atoms with van der Waals surface area (Å²) in [4.78, 5) is 27.6. The minimum absolute atomic E-state index is 0.210. The van der Waals surface area contributed by atoms with Gasteiger partial charge in [-0.2, -0.15) is 0 Å². The fourth-order valence-electron chi connectivity index (χ4n) is 4.42. The number of benzene rings is 3. The number of ketones is 1. The third kappa shape index (κ3) is 4.37. The van der Waals surface area contributed by atoms with Gasteiger partial charge in [0.25, 0.3) is 11.7 Å². The van der Waals surface area contributed by atoms with E-state index in [2.05, 4.69) is 0 Å². The van der Waals surface area contributed by atoms with Crippen molar-refractivity contribution in [1.29, 1.82) is 0 Å². The molecule has 3 aromatic rings. The Morgan fingerprint density at radius 2 is 1.72 bits per heavy atom. The lowest BCUT2D eigenvalue weighted by Crippen LogP contribution is -2.30. The molecule has 1 aliphatic heterocycles. The van der Waals surface area contributed by atoms with Crippen molar-refractivity contribution < 1.29 is 28.2 Å². The summed E-state index contributed by atoms with van der Waals surface area (Å²) in [6, 6.07) is 13.9. The molecule has 0 aromatic heterocycles. The van der Waals surface area contributed by atoms with Gasteiger partial charge in [0.1, 0.15) is 23.1 Å². The van der Waals surface area contributed by atoms with Crippen molar-refractivity contribution in [2.75, 3.05) is 12.0 Å². The number of amides is 1. The van der Waals surface area contributed by atoms with Crippen molar-refractivity contribution in [2.45, 2.75) is 39.2 Å². The lowest BCUT2D eigenvalue weighted by Gasteiger charge is -2.26. The second-order valence-electron chi connectivity index (χ2n) is 9.84. The quantitative estimate of drug-likeness (QED) is 0.268. The van der Waals surface area contributed by atoms with E-state index in [0.29, 0.717) is 17.4 Å². The normalized spacial score (nSPS) is 17.5. The molecule has 0 saturated carbocycles. The first-order chi connectivity index (χ1) is 16.9. The molecule has 7 heteroatoms. The number of carbonyl (C=O) groups excluding carboxylic acids is 2. The maximum Gasteiger partial charge on any atom is 0.300 e. The number of rotatable bonds is 4. The number of hydrogen-bond acceptors (Lipinski definition) is 4. The third-order valence-electron chi connectivity index (χ3n) is 6.29. The van der Waals surface area contributed by atoms with Gasteiger partial charge in [-0.05, 0) is 47.7 Å². The summed E-state index contributed by atoms with van der Waals surface area (Å²) in [6.07, 6.45) is 0. The highest BCUT2D eigenvalue weighted by Gasteiger charge is 2.48. The number of aryl methyl sites for hydroxylation is 1. The van der Waals surface area contributed by atoms with E-state index in [-0.39, 0.29) is 22.2 Å². The Morgan fingerprint density at radius 3 is 2.33 bits per heavy atom. The summed E-state index contributed by atoms with van der Waals surface area (Å²) >= 11 is 0. The van der Waals surface area contributed by atoms with Gasteiger partial charge in [-0.15, -0.1) is 0 Å². The van der Waals surface area contributed by atoms with Crippen molar-refractivity contribution in [3.8, 4) is 5.75 Å². The molecule has 1 atom stereocenters. The molecule has 1 fully saturated rings. The summed E-state index contributed by atoms with van der Waals surface area (Å²) in [5.41, 5.74) is 1.69. The van der Waals surface area contributed by atoms with Gasteiger partial charge >= 0.3 is 0 Å². The molecular formula is C29H27F2NO4. The smallest absolute Gasteiger partial charge is 0.300 e. The highest BCUT2D eigenvalue weighted by atomic mass is 19.1. The van der Waals surface area contributed by atoms with Crippen LogP contribution in [0, 0.1) is 18.6 Å². The van der Waals surface area contributed by atoms with Crippen LogP contribution in [0.2, 0.25) is 0 Å². The number of halogens is 2. The molecule has 4 rings (SSSR count). The van der Waals surface area contributed by atoms with Crippen LogP contribution in [0.5, 0.6) is 5.75 Å². The number of anilines is 1. The Bertz CT molecular complexity index is 1400. The highest BCUT2D eigenvalue weighted by molar-refractivity contribution is 6.51. The van der Waals surface area contributed by atoms with Crippen LogP contribution in [-0.2, 0) is 15.0 Å². The van der Waals surface area contributed by atoms with E-state index in [1.54, 1.807) is 30.3 Å². The maximum atomic E-state index is 14.9. The molecule has 1 amide bonds. The first-order valence-electron chi connectivity index (χ1n) is 11.5. The predicted molar refractivity (Wildman–Crippen MR) is 134 cm³/mol. The number of hydrogen-bond donors (Lipinski definition) is 1. The zero-order chi connectivity index (χ0) is 26.4. The summed E-state index contributed by atoms with van der Waals surface area (Å²) < 4.78 is 34.0. The van der Waals surface area contributed by atoms with Crippen LogP contribution in [0.3, 0.4) is 0 Å². The number of aliphatic hydroxyl groups is 1. The Morgan fingerprint density at radius 1 is 1.00 bits per heavy atom. The van der Waals surface area contributed by atoms with Gasteiger partial charge in [-0.1, -0.05) is 56.7 Å². The molecule has 1 N–H and O–H groups in total. The average molecular weight is 492 g/mol. The topological polar surface area (TPSA) is 66.8 Å². The van der Waals surface area contributed by atoms with Gasteiger partial charge in [-0.3, -0.25) is 14.5 Å². The molecule has 1 heterocycles. The Balaban J connectivity index is 2.02. The summed E-state index contributed by atoms with van der Waals surface area (Å²) in [5.74, 6) is -3.95. The molecule has 5 nitrogen and oxygen atoms in total. The van der Waals surface area contributed by atoms with Gasteiger partial charge in [0.2, 0.25) is 0 Å². The van der Waals surface area contributed by atoms with E-state index in [4.69, 9.17) is 4.74 Å². The largest absolute Gasteiger partial charge is 0.507 e. The number of methoxy groups -OCH3 is 1. The van der Waals surface area contributed by atoms with Gasteiger partial charge < -0.3 is 9.84 Å². The Kier molecular flexibility index (Phi) is 6.43. The Labute approximate surface area is 208 Å². The van der Waals surface area contributed by atoms with E-state index in [0.717, 1.165) is 28.2 Å². The fraction of sp³-hybridized carbons (Fsp3) is 0.241. The summed E-state index contributed by atoms with van der Waals surface area (Å²) in [7, 11) is 1.44. The lowest BCUT2D eigenvalue weighted by molar-refractivity contribution is -0.132. The van der Waals surface area contributed by atoms with Crippen molar-refractivity contribution in [3.63, 3.8) is 0 Å². The minimum Gasteiger partial charge on any atom is -0.507 e. The predicted octanol–water partition coefficient (Wildman–Crippen LogP) is 6.21. The van der Waals surface area contributed by atoms with Crippen molar-refractivity contribution in [2.24, 2.45) is 0 Å². The molecule has 1 saturated heterocycles. The molecule has 0 aliphatic carbocycles. The fourth-order valence-corrected chi connectivity index (χ4v) is 4.42. The molecule has 1 unspecified atom stereocenters. The molecule has 0 bridgehead atoms. The molecular weight excluding hydrogens is 464 g/mol. The number of carbonyl (C=O) groups is 2. The number of ether oxygens (including phenoxy) is 1. The lowest BCUT2D eigenvalue weighted by atomic mass is 9.85. The second kappa shape index (κ2) is 9.22. The van der Waals surface area contributed by atoms with E-state index in [1.807, 2.05) is 39.8 Å². The maximum absolute atomic E-state index is 14.9. The zero-order valence-electron chi connectivity index (χ0n) is 20.7. The van der Waals surface area contributed by atoms with Gasteiger partial charge in [0, 0.05) is 6.07 Å². The number of aliphatic hydroxyl groups excluding tert-OH is 1. The average Bonchev–Trinajstić information content (AvgIpc) is 3.08. The SMILES string of the molecule is COc1ccc(C(C)(C)C)cc1/C(O)=C1\C(=O)C(=O)N(c2ccc(F)cc2F)C1c1cccc(C)c1. The van der Waals surface area contributed by atoms with E-state index < -0.39 is 35.1 Å². The van der Waals surface area contributed by atoms with E-state index >= 15 is 0 Å². The van der Waals surface area contributed by atoms with Crippen LogP contribution in [0.4, 0.5) is 14.5 Å². The zero-order valence-corrected chi connectivity index (χ0v) is 20.7. The van der Waals surface area contributed by atoms with Crippen molar-refractivity contribution >= 4 is 23.1 Å². The van der Waals surface area contributed by atoms with E-state index in [9.17, 15) is 23.5 Å². The Hall–Kier alpha value is -4.00. The van der Waals surface area contributed by atoms with Crippen molar-refractivity contribution in [1.82, 2.24) is 0 Å². The van der Waals surface area contributed by atoms with Gasteiger partial charge in [-0.25, -0.2) is 8.78 Å². The number of nitrogens with zero attached hydrogens (tertiary/aromatic N) is 1. The molecule has 36 heavy (non-hydrogen) atoms. The van der Waals surface area contributed by atoms with E-state index in [1.165, 1.54) is 7.11 Å². The van der Waals surface area contributed by atoms with Crippen LogP contribution >= 0.6 is 0 Å². The molecule has 0 radical (unpaired) electrons. The molecule has 1 aliphatic rings. The van der Waals surface area contributed by atoms with Crippen molar-refractivity contribution in [3.05, 3.63) is 100 Å². The first-order valence-corrected chi connectivity index (χ1v) is 11.5. The van der Waals surface area contributed by atoms with Gasteiger partial charge in [0.05, 0.1) is 30.0 Å². The molecule has 3 aromatic carbocycles. The number of Topliss-reactive ketones (excluding diaryl/α,β-unsaturated/α-hetero) is 1. The third-order valence-corrected chi connectivity index (χ3v) is 6.29. The minimum atomic E-state index is -1.15. The second-order valence-corrected chi connectivity index (χ2v) is 9.84. The first kappa shape index (κ1) is 25.1. The van der Waals surface area contributed by atoms with Crippen LogP contribution < -0.4 is 9.64 Å².